The van der Waals surface area contributed by atoms with Crippen molar-refractivity contribution in [2.24, 2.45) is 0 Å². The van der Waals surface area contributed by atoms with Crippen molar-refractivity contribution in [1.82, 2.24) is 24.7 Å². The minimum Gasteiger partial charge on any atom is -0.259 e. The summed E-state index contributed by atoms with van der Waals surface area (Å²) in [6, 6.07) is 5.44. The molecular formula is C18H12F3N5. The second-order valence-corrected chi connectivity index (χ2v) is 5.71. The Labute approximate surface area is 146 Å². The van der Waals surface area contributed by atoms with Crippen LogP contribution in [-0.2, 0) is 6.54 Å². The van der Waals surface area contributed by atoms with Crippen molar-refractivity contribution in [3.8, 4) is 11.1 Å². The number of hydrogen-bond acceptors (Lipinski definition) is 4. The zero-order valence-corrected chi connectivity index (χ0v) is 13.4. The lowest BCUT2D eigenvalue weighted by Gasteiger charge is -2.08. The van der Waals surface area contributed by atoms with E-state index in [0.29, 0.717) is 23.2 Å². The number of halogens is 3. The maximum Gasteiger partial charge on any atom is 0.266 e. The quantitative estimate of drug-likeness (QED) is 0.555. The lowest BCUT2D eigenvalue weighted by Crippen LogP contribution is -2.02. The highest BCUT2D eigenvalue weighted by molar-refractivity contribution is 5.80. The van der Waals surface area contributed by atoms with Crippen molar-refractivity contribution in [1.29, 1.82) is 0 Å². The van der Waals surface area contributed by atoms with Gasteiger partial charge in [0.1, 0.15) is 17.7 Å². The van der Waals surface area contributed by atoms with Crippen LogP contribution in [0.15, 0.2) is 55.4 Å². The number of hydrogen-bond donors (Lipinski definition) is 0. The fourth-order valence-electron chi connectivity index (χ4n) is 2.72. The van der Waals surface area contributed by atoms with E-state index in [2.05, 4.69) is 20.1 Å². The van der Waals surface area contributed by atoms with Crippen molar-refractivity contribution in [3.05, 3.63) is 72.3 Å². The summed E-state index contributed by atoms with van der Waals surface area (Å²) in [6.45, 7) is 0.446. The number of benzene rings is 1. The van der Waals surface area contributed by atoms with Gasteiger partial charge in [-0.25, -0.2) is 23.1 Å². The Bertz CT molecular complexity index is 1060. The van der Waals surface area contributed by atoms with Crippen molar-refractivity contribution < 1.29 is 13.2 Å². The van der Waals surface area contributed by atoms with Gasteiger partial charge in [-0.1, -0.05) is 6.07 Å². The Morgan fingerprint density at radius 2 is 1.77 bits per heavy atom. The van der Waals surface area contributed by atoms with Gasteiger partial charge in [-0.15, -0.1) is 0 Å². The summed E-state index contributed by atoms with van der Waals surface area (Å²) in [6.07, 6.45) is 5.12. The predicted molar refractivity (Wildman–Crippen MR) is 89.0 cm³/mol. The number of nitrogens with zero attached hydrogens (tertiary/aromatic N) is 5. The first kappa shape index (κ1) is 16.2. The minimum atomic E-state index is -2.88. The van der Waals surface area contributed by atoms with E-state index in [4.69, 9.17) is 0 Å². The average molecular weight is 355 g/mol. The van der Waals surface area contributed by atoms with E-state index < -0.39 is 17.8 Å². The molecule has 3 heterocycles. The van der Waals surface area contributed by atoms with Crippen molar-refractivity contribution in [2.75, 3.05) is 0 Å². The molecule has 8 heteroatoms. The zero-order chi connectivity index (χ0) is 18.1. The molecule has 0 unspecified atom stereocenters. The Morgan fingerprint density at radius 1 is 0.962 bits per heavy atom. The van der Waals surface area contributed by atoms with Gasteiger partial charge in [0.05, 0.1) is 23.8 Å². The van der Waals surface area contributed by atoms with Crippen LogP contribution in [0.2, 0.25) is 0 Å². The molecule has 0 fully saturated rings. The van der Waals surface area contributed by atoms with Gasteiger partial charge in [0.15, 0.2) is 0 Å². The van der Waals surface area contributed by atoms with Gasteiger partial charge in [-0.2, -0.15) is 5.10 Å². The summed E-state index contributed by atoms with van der Waals surface area (Å²) in [5, 5.41) is 4.30. The predicted octanol–water partition coefficient (Wildman–Crippen LogP) is 4.01. The third-order valence-electron chi connectivity index (χ3n) is 4.01. The molecule has 0 atom stereocenters. The van der Waals surface area contributed by atoms with Crippen LogP contribution < -0.4 is 0 Å². The number of fused-ring (bicyclic) bond motifs is 1. The molecule has 0 aliphatic heterocycles. The summed E-state index contributed by atoms with van der Waals surface area (Å²) >= 11 is 0. The van der Waals surface area contributed by atoms with Gasteiger partial charge >= 0.3 is 0 Å². The molecule has 0 N–H and O–H groups in total. The van der Waals surface area contributed by atoms with Crippen LogP contribution in [0.4, 0.5) is 13.2 Å². The molecule has 3 aromatic heterocycles. The van der Waals surface area contributed by atoms with E-state index in [1.54, 1.807) is 35.5 Å². The van der Waals surface area contributed by atoms with E-state index in [1.807, 2.05) is 0 Å². The first-order valence-corrected chi connectivity index (χ1v) is 7.75. The molecule has 0 aliphatic rings. The molecule has 0 radical (unpaired) electrons. The molecule has 130 valence electrons. The lowest BCUT2D eigenvalue weighted by molar-refractivity contribution is 0.146. The Morgan fingerprint density at radius 3 is 2.54 bits per heavy atom. The van der Waals surface area contributed by atoms with Crippen LogP contribution in [0.25, 0.3) is 22.2 Å². The van der Waals surface area contributed by atoms with Gasteiger partial charge in [0.2, 0.25) is 0 Å². The first-order valence-electron chi connectivity index (χ1n) is 7.75. The fourth-order valence-corrected chi connectivity index (χ4v) is 2.72. The molecule has 0 bridgehead atoms. The van der Waals surface area contributed by atoms with Crippen LogP contribution in [-0.4, -0.2) is 24.7 Å². The maximum atomic E-state index is 13.5. The molecule has 0 amide bonds. The van der Waals surface area contributed by atoms with Gasteiger partial charge in [0, 0.05) is 29.7 Å². The van der Waals surface area contributed by atoms with E-state index in [-0.39, 0.29) is 0 Å². The second-order valence-electron chi connectivity index (χ2n) is 5.71. The molecule has 4 rings (SSSR count). The van der Waals surface area contributed by atoms with Crippen molar-refractivity contribution >= 4 is 11.0 Å². The van der Waals surface area contributed by atoms with Crippen molar-refractivity contribution in [2.45, 2.75) is 13.0 Å². The molecular weight excluding hydrogens is 343 g/mol. The molecule has 0 spiro atoms. The smallest absolute Gasteiger partial charge is 0.259 e. The van der Waals surface area contributed by atoms with Gasteiger partial charge in [-0.3, -0.25) is 9.67 Å². The Hall–Kier alpha value is -3.29. The molecule has 1 aromatic carbocycles. The summed E-state index contributed by atoms with van der Waals surface area (Å²) in [5.41, 5.74) is 2.70. The second kappa shape index (κ2) is 6.55. The van der Waals surface area contributed by atoms with Crippen LogP contribution in [0.1, 0.15) is 17.6 Å². The average Bonchev–Trinajstić information content (AvgIpc) is 3.05. The molecule has 0 saturated carbocycles. The van der Waals surface area contributed by atoms with E-state index in [1.165, 1.54) is 12.4 Å². The maximum absolute atomic E-state index is 13.5. The zero-order valence-electron chi connectivity index (χ0n) is 13.4. The number of alkyl halides is 2. The van der Waals surface area contributed by atoms with Gasteiger partial charge in [-0.05, 0) is 23.8 Å². The van der Waals surface area contributed by atoms with E-state index in [9.17, 15) is 13.2 Å². The van der Waals surface area contributed by atoms with Crippen LogP contribution in [0.5, 0.6) is 0 Å². The van der Waals surface area contributed by atoms with E-state index >= 15 is 0 Å². The Kier molecular flexibility index (Phi) is 4.08. The monoisotopic (exact) mass is 355 g/mol. The molecule has 0 aliphatic carbocycles. The van der Waals surface area contributed by atoms with E-state index in [0.717, 1.165) is 23.2 Å². The van der Waals surface area contributed by atoms with Gasteiger partial charge < -0.3 is 0 Å². The molecule has 5 nitrogen and oxygen atoms in total. The molecule has 4 aromatic rings. The minimum absolute atomic E-state index is 0.446. The Balaban J connectivity index is 1.76. The summed E-state index contributed by atoms with van der Waals surface area (Å²) in [4.78, 5) is 12.3. The van der Waals surface area contributed by atoms with Crippen LogP contribution in [0.3, 0.4) is 0 Å². The highest BCUT2D eigenvalue weighted by Crippen LogP contribution is 2.29. The normalized spacial score (nSPS) is 11.4. The number of aromatic nitrogens is 5. The standard InChI is InChI=1S/C18H12F3N5/c19-15-2-1-12(3-14(15)18(20)21)13-4-17-16(24-7-13)8-25-26(17)9-11-5-22-10-23-6-11/h1-8,10,18H,9H2. The fraction of sp³-hybridized carbons (Fsp3) is 0.111. The lowest BCUT2D eigenvalue weighted by atomic mass is 10.0. The molecule has 26 heavy (non-hydrogen) atoms. The van der Waals surface area contributed by atoms with Crippen molar-refractivity contribution in [3.63, 3.8) is 0 Å². The summed E-state index contributed by atoms with van der Waals surface area (Å²) in [5.74, 6) is -0.924. The highest BCUT2D eigenvalue weighted by Gasteiger charge is 2.15. The number of rotatable bonds is 4. The third-order valence-corrected chi connectivity index (χ3v) is 4.01. The molecule has 0 saturated heterocycles. The van der Waals surface area contributed by atoms with Crippen LogP contribution >= 0.6 is 0 Å². The SMILES string of the molecule is Fc1ccc(-c2cnc3cnn(Cc4cncnc4)c3c2)cc1C(F)F. The largest absolute Gasteiger partial charge is 0.266 e. The summed E-state index contributed by atoms with van der Waals surface area (Å²) < 4.78 is 41.2. The van der Waals surface area contributed by atoms with Crippen LogP contribution in [0, 0.1) is 5.82 Å². The summed E-state index contributed by atoms with van der Waals surface area (Å²) in [7, 11) is 0. The highest BCUT2D eigenvalue weighted by atomic mass is 19.3. The van der Waals surface area contributed by atoms with Gasteiger partial charge in [0.25, 0.3) is 6.43 Å². The topological polar surface area (TPSA) is 56.5 Å². The third kappa shape index (κ3) is 3.01. The number of pyridine rings is 1. The first-order chi connectivity index (χ1) is 12.6.